The number of rotatable bonds is 8. The molecule has 1 aliphatic heterocycles. The Morgan fingerprint density at radius 2 is 1.76 bits per heavy atom. The van der Waals surface area contributed by atoms with Crippen LogP contribution in [0.4, 0.5) is 5.69 Å². The lowest BCUT2D eigenvalue weighted by Crippen LogP contribution is -2.40. The van der Waals surface area contributed by atoms with Gasteiger partial charge in [0.2, 0.25) is 0 Å². The van der Waals surface area contributed by atoms with E-state index in [4.69, 9.17) is 37.8 Å². The Hall–Kier alpha value is -4.38. The van der Waals surface area contributed by atoms with Crippen LogP contribution in [0.15, 0.2) is 87.8 Å². The average Bonchev–Trinajstić information content (AvgIpc) is 3.26. The van der Waals surface area contributed by atoms with Crippen molar-refractivity contribution in [2.45, 2.75) is 13.0 Å². The molecular formula is C30H23Cl2N3O6S. The Morgan fingerprint density at radius 3 is 2.38 bits per heavy atom. The SMILES string of the molecule is COc1ccc([C@H]2C(C(=O)Nc3ccccc3)=C(C)N=c3s/c(=C/c4cc(Cl)c(OCC(=O)O)c(Cl)c4)c(=O)n32)cc1. The number of carboxylic acid groups (broad SMARTS) is 1. The molecule has 0 bridgehead atoms. The van der Waals surface area contributed by atoms with Crippen molar-refractivity contribution in [3.63, 3.8) is 0 Å². The number of aliphatic carboxylic acids is 1. The van der Waals surface area contributed by atoms with E-state index in [0.717, 1.165) is 11.3 Å². The number of nitrogens with one attached hydrogen (secondary N) is 1. The van der Waals surface area contributed by atoms with Crippen LogP contribution < -0.4 is 29.7 Å². The lowest BCUT2D eigenvalue weighted by Gasteiger charge is -2.25. The number of methoxy groups -OCH3 is 1. The molecule has 0 aliphatic carbocycles. The Labute approximate surface area is 253 Å². The molecule has 0 spiro atoms. The predicted octanol–water partition coefficient (Wildman–Crippen LogP) is 4.65. The van der Waals surface area contributed by atoms with Crippen molar-refractivity contribution in [2.75, 3.05) is 19.0 Å². The lowest BCUT2D eigenvalue weighted by atomic mass is 9.95. The minimum absolute atomic E-state index is 0.0311. The molecule has 2 heterocycles. The second kappa shape index (κ2) is 12.2. The van der Waals surface area contributed by atoms with Crippen molar-refractivity contribution in [2.24, 2.45) is 4.99 Å². The molecule has 3 aromatic carbocycles. The minimum Gasteiger partial charge on any atom is -0.497 e. The number of ether oxygens (including phenoxy) is 2. The van der Waals surface area contributed by atoms with E-state index in [9.17, 15) is 14.4 Å². The smallest absolute Gasteiger partial charge is 0.341 e. The van der Waals surface area contributed by atoms with E-state index in [1.54, 1.807) is 44.4 Å². The van der Waals surface area contributed by atoms with Gasteiger partial charge in [0, 0.05) is 5.69 Å². The van der Waals surface area contributed by atoms with Gasteiger partial charge in [0.25, 0.3) is 11.5 Å². The summed E-state index contributed by atoms with van der Waals surface area (Å²) in [6.45, 7) is 1.13. The highest BCUT2D eigenvalue weighted by atomic mass is 35.5. The maximum absolute atomic E-state index is 13.9. The van der Waals surface area contributed by atoms with Crippen LogP contribution in [0.3, 0.4) is 0 Å². The molecule has 1 aliphatic rings. The average molecular weight is 625 g/mol. The molecular weight excluding hydrogens is 601 g/mol. The summed E-state index contributed by atoms with van der Waals surface area (Å²) in [5.41, 5.74) is 2.24. The first-order chi connectivity index (χ1) is 20.2. The fourth-order valence-electron chi connectivity index (χ4n) is 4.52. The summed E-state index contributed by atoms with van der Waals surface area (Å²) in [6.07, 6.45) is 1.61. The molecule has 42 heavy (non-hydrogen) atoms. The summed E-state index contributed by atoms with van der Waals surface area (Å²) in [5.74, 6) is -0.894. The summed E-state index contributed by atoms with van der Waals surface area (Å²) >= 11 is 13.8. The van der Waals surface area contributed by atoms with E-state index < -0.39 is 18.6 Å². The molecule has 9 nitrogen and oxygen atoms in total. The molecule has 5 rings (SSSR count). The summed E-state index contributed by atoms with van der Waals surface area (Å²) in [6, 6.07) is 18.5. The number of hydrogen-bond acceptors (Lipinski definition) is 7. The van der Waals surface area contributed by atoms with Crippen molar-refractivity contribution in [3.8, 4) is 11.5 Å². The van der Waals surface area contributed by atoms with Gasteiger partial charge in [-0.2, -0.15) is 0 Å². The largest absolute Gasteiger partial charge is 0.497 e. The number of amides is 1. The number of benzene rings is 3. The monoisotopic (exact) mass is 623 g/mol. The molecule has 0 saturated heterocycles. The summed E-state index contributed by atoms with van der Waals surface area (Å²) < 4.78 is 12.3. The number of fused-ring (bicyclic) bond motifs is 1. The van der Waals surface area contributed by atoms with Crippen LogP contribution in [0, 0.1) is 0 Å². The molecule has 4 aromatic rings. The van der Waals surface area contributed by atoms with Crippen molar-refractivity contribution in [1.82, 2.24) is 4.57 Å². The number of para-hydroxylation sites is 1. The summed E-state index contributed by atoms with van der Waals surface area (Å²) in [7, 11) is 1.56. The molecule has 1 aromatic heterocycles. The highest BCUT2D eigenvalue weighted by molar-refractivity contribution is 7.07. The number of carboxylic acids is 1. The Kier molecular flexibility index (Phi) is 8.49. The van der Waals surface area contributed by atoms with Crippen LogP contribution in [0.5, 0.6) is 11.5 Å². The minimum atomic E-state index is -1.18. The first-order valence-corrected chi connectivity index (χ1v) is 14.1. The quantitative estimate of drug-likeness (QED) is 0.295. The molecule has 0 unspecified atom stereocenters. The Balaban J connectivity index is 1.62. The number of thiazole rings is 1. The second-order valence-electron chi connectivity index (χ2n) is 9.17. The van der Waals surface area contributed by atoms with Crippen LogP contribution in [0.2, 0.25) is 10.0 Å². The van der Waals surface area contributed by atoms with Gasteiger partial charge < -0.3 is 19.9 Å². The molecule has 1 atom stereocenters. The molecule has 0 fully saturated rings. The third-order valence-corrected chi connectivity index (χ3v) is 7.93. The number of nitrogens with zero attached hydrogens (tertiary/aromatic N) is 2. The number of allylic oxidation sites excluding steroid dienone is 1. The van der Waals surface area contributed by atoms with Gasteiger partial charge in [-0.05, 0) is 60.5 Å². The van der Waals surface area contributed by atoms with Crippen molar-refractivity contribution >= 4 is 58.2 Å². The normalized spacial score (nSPS) is 14.7. The Bertz CT molecular complexity index is 1880. The number of hydrogen-bond donors (Lipinski definition) is 2. The second-order valence-corrected chi connectivity index (χ2v) is 11.0. The molecule has 1 amide bonds. The zero-order valence-electron chi connectivity index (χ0n) is 22.3. The van der Waals surface area contributed by atoms with Crippen molar-refractivity contribution in [3.05, 3.63) is 119 Å². The van der Waals surface area contributed by atoms with E-state index in [-0.39, 0.29) is 27.3 Å². The highest BCUT2D eigenvalue weighted by Gasteiger charge is 2.32. The van der Waals surface area contributed by atoms with Gasteiger partial charge in [-0.1, -0.05) is 64.9 Å². The fraction of sp³-hybridized carbons (Fsp3) is 0.133. The number of aromatic nitrogens is 1. The van der Waals surface area contributed by atoms with Crippen LogP contribution in [0.25, 0.3) is 6.08 Å². The molecule has 12 heteroatoms. The fourth-order valence-corrected chi connectivity index (χ4v) is 6.18. The van der Waals surface area contributed by atoms with Crippen LogP contribution >= 0.6 is 34.5 Å². The van der Waals surface area contributed by atoms with Crippen molar-refractivity contribution in [1.29, 1.82) is 0 Å². The van der Waals surface area contributed by atoms with Gasteiger partial charge in [0.05, 0.1) is 39.0 Å². The maximum Gasteiger partial charge on any atom is 0.341 e. The number of anilines is 1. The van der Waals surface area contributed by atoms with Gasteiger partial charge >= 0.3 is 5.97 Å². The zero-order valence-corrected chi connectivity index (χ0v) is 24.6. The van der Waals surface area contributed by atoms with Gasteiger partial charge in [-0.15, -0.1) is 0 Å². The predicted molar refractivity (Wildman–Crippen MR) is 161 cm³/mol. The van der Waals surface area contributed by atoms with E-state index >= 15 is 0 Å². The number of halogens is 2. The standard InChI is InChI=1S/C30H23Cl2N3O6S/c1-16-25(28(38)34-19-6-4-3-5-7-19)26(18-8-10-20(40-2)11-9-18)35-29(39)23(42-30(35)33-16)14-17-12-21(31)27(22(32)13-17)41-15-24(36)37/h3-14,26H,15H2,1-2H3,(H,34,38)(H,36,37)/b23-14+/t26-/m0/s1. The highest BCUT2D eigenvalue weighted by Crippen LogP contribution is 2.35. The lowest BCUT2D eigenvalue weighted by molar-refractivity contribution is -0.139. The van der Waals surface area contributed by atoms with Crippen LogP contribution in [-0.4, -0.2) is 35.3 Å². The topological polar surface area (TPSA) is 119 Å². The first kappa shape index (κ1) is 29.1. The van der Waals surface area contributed by atoms with Crippen molar-refractivity contribution < 1.29 is 24.2 Å². The summed E-state index contributed by atoms with van der Waals surface area (Å²) in [4.78, 5) is 43.5. The van der Waals surface area contributed by atoms with Gasteiger partial charge in [0.1, 0.15) is 5.75 Å². The molecule has 2 N–H and O–H groups in total. The zero-order chi connectivity index (χ0) is 30.0. The third-order valence-electron chi connectivity index (χ3n) is 6.39. The van der Waals surface area contributed by atoms with E-state index in [1.807, 2.05) is 30.3 Å². The molecule has 214 valence electrons. The van der Waals surface area contributed by atoms with Crippen LogP contribution in [0.1, 0.15) is 24.1 Å². The number of carbonyl (C=O) groups is 2. The maximum atomic E-state index is 13.9. The molecule has 0 radical (unpaired) electrons. The van der Waals surface area contributed by atoms with E-state index in [2.05, 4.69) is 10.3 Å². The Morgan fingerprint density at radius 1 is 1.10 bits per heavy atom. The van der Waals surface area contributed by atoms with E-state index in [0.29, 0.717) is 43.2 Å². The van der Waals surface area contributed by atoms with E-state index in [1.165, 1.54) is 16.7 Å². The third kappa shape index (κ3) is 5.96. The number of carbonyl (C=O) groups excluding carboxylic acids is 1. The first-order valence-electron chi connectivity index (χ1n) is 12.5. The van der Waals surface area contributed by atoms with Crippen LogP contribution in [-0.2, 0) is 9.59 Å². The van der Waals surface area contributed by atoms with Gasteiger partial charge in [0.15, 0.2) is 17.2 Å². The summed E-state index contributed by atoms with van der Waals surface area (Å²) in [5, 5.41) is 12.0. The van der Waals surface area contributed by atoms with Gasteiger partial charge in [-0.25, -0.2) is 9.79 Å². The van der Waals surface area contributed by atoms with Gasteiger partial charge in [-0.3, -0.25) is 14.2 Å². The molecule has 0 saturated carbocycles.